The number of alkyl halides is 2. The summed E-state index contributed by atoms with van der Waals surface area (Å²) in [5, 5.41) is 0. The minimum absolute atomic E-state index is 0.0466. The monoisotopic (exact) mass is 352 g/mol. The molecule has 0 radical (unpaired) electrons. The van der Waals surface area contributed by atoms with Gasteiger partial charge in [-0.2, -0.15) is 8.78 Å². The molecule has 1 aliphatic rings. The van der Waals surface area contributed by atoms with Crippen LogP contribution in [0.5, 0.6) is 0 Å². The van der Waals surface area contributed by atoms with Gasteiger partial charge < -0.3 is 9.64 Å². The van der Waals surface area contributed by atoms with E-state index in [1.807, 2.05) is 6.92 Å². The van der Waals surface area contributed by atoms with Gasteiger partial charge in [-0.1, -0.05) is 12.1 Å². The predicted octanol–water partition coefficient (Wildman–Crippen LogP) is 2.28. The molecule has 0 N–H and O–H groups in total. The van der Waals surface area contributed by atoms with Crippen molar-refractivity contribution in [2.75, 3.05) is 39.9 Å². The summed E-state index contributed by atoms with van der Waals surface area (Å²) in [6.45, 7) is 1.65. The molecule has 25 heavy (non-hydrogen) atoms. The third-order valence-corrected chi connectivity index (χ3v) is 4.67. The number of ether oxygens (including phenoxy) is 1. The fraction of sp³-hybridized carbons (Fsp3) is 0.529. The molecule has 1 aromatic carbocycles. The van der Waals surface area contributed by atoms with Crippen molar-refractivity contribution in [1.82, 2.24) is 19.4 Å². The fourth-order valence-electron chi connectivity index (χ4n) is 3.30. The number of fused-ring (bicyclic) bond motifs is 1. The lowest BCUT2D eigenvalue weighted by atomic mass is 10.2. The van der Waals surface area contributed by atoms with Gasteiger partial charge in [0, 0.05) is 33.3 Å². The maximum Gasteiger partial charge on any atom is 0.320 e. The van der Waals surface area contributed by atoms with Gasteiger partial charge in [-0.15, -0.1) is 0 Å². The number of benzene rings is 1. The summed E-state index contributed by atoms with van der Waals surface area (Å²) in [5.41, 5.74) is 1.01. The highest BCUT2D eigenvalue weighted by atomic mass is 19.3. The number of rotatable bonds is 5. The Morgan fingerprint density at radius 1 is 1.24 bits per heavy atom. The number of amides is 1. The number of carbonyl (C=O) groups is 1. The van der Waals surface area contributed by atoms with Gasteiger partial charge in [0.1, 0.15) is 12.4 Å². The number of imidazole rings is 1. The SMILES string of the molecule is COCC(=O)N1CCN(C(C)c2nc3ccccc3n2C(F)F)CC1. The molecule has 6 nitrogen and oxygen atoms in total. The third-order valence-electron chi connectivity index (χ3n) is 4.67. The molecule has 0 saturated carbocycles. The third kappa shape index (κ3) is 3.50. The lowest BCUT2D eigenvalue weighted by Gasteiger charge is -2.37. The highest BCUT2D eigenvalue weighted by Crippen LogP contribution is 2.29. The molecule has 0 spiro atoms. The molecule has 2 aromatic rings. The molecule has 0 bridgehead atoms. The number of hydrogen-bond donors (Lipinski definition) is 0. The number of hydrogen-bond acceptors (Lipinski definition) is 4. The minimum Gasteiger partial charge on any atom is -0.375 e. The zero-order chi connectivity index (χ0) is 18.0. The minimum atomic E-state index is -2.64. The van der Waals surface area contributed by atoms with Gasteiger partial charge in [0.2, 0.25) is 5.91 Å². The van der Waals surface area contributed by atoms with E-state index in [0.717, 1.165) is 4.57 Å². The molecule has 1 aliphatic heterocycles. The van der Waals surface area contributed by atoms with Crippen LogP contribution in [0.2, 0.25) is 0 Å². The molecule has 1 atom stereocenters. The van der Waals surface area contributed by atoms with Crippen LogP contribution in [0.1, 0.15) is 25.3 Å². The largest absolute Gasteiger partial charge is 0.375 e. The first-order valence-corrected chi connectivity index (χ1v) is 8.28. The van der Waals surface area contributed by atoms with Crippen molar-refractivity contribution in [3.05, 3.63) is 30.1 Å². The van der Waals surface area contributed by atoms with E-state index in [2.05, 4.69) is 9.88 Å². The average molecular weight is 352 g/mol. The Labute approximate surface area is 145 Å². The van der Waals surface area contributed by atoms with E-state index < -0.39 is 6.55 Å². The summed E-state index contributed by atoms with van der Waals surface area (Å²) in [4.78, 5) is 20.1. The van der Waals surface area contributed by atoms with E-state index in [0.29, 0.717) is 43.0 Å². The number of carbonyl (C=O) groups excluding carboxylic acids is 1. The summed E-state index contributed by atoms with van der Waals surface area (Å²) in [6.07, 6.45) is 0. The first-order valence-electron chi connectivity index (χ1n) is 8.28. The molecule has 3 rings (SSSR count). The summed E-state index contributed by atoms with van der Waals surface area (Å²) in [6, 6.07) is 6.66. The molecule has 1 aromatic heterocycles. The number of piperazine rings is 1. The van der Waals surface area contributed by atoms with Crippen molar-refractivity contribution in [3.8, 4) is 0 Å². The number of methoxy groups -OCH3 is 1. The molecule has 1 unspecified atom stereocenters. The standard InChI is InChI=1S/C17H22F2N4O2/c1-12(21-7-9-22(10-8-21)15(24)11-25-2)16-20-13-5-3-4-6-14(13)23(16)17(18)19/h3-6,12,17H,7-11H2,1-2H3. The highest BCUT2D eigenvalue weighted by molar-refractivity contribution is 5.77. The zero-order valence-electron chi connectivity index (χ0n) is 14.4. The van der Waals surface area contributed by atoms with Crippen molar-refractivity contribution >= 4 is 16.9 Å². The maximum absolute atomic E-state index is 13.6. The van der Waals surface area contributed by atoms with Crippen molar-refractivity contribution in [2.45, 2.75) is 19.5 Å². The van der Waals surface area contributed by atoms with Crippen molar-refractivity contribution in [1.29, 1.82) is 0 Å². The lowest BCUT2D eigenvalue weighted by Crippen LogP contribution is -2.50. The Hall–Kier alpha value is -2.06. The molecule has 2 heterocycles. The van der Waals surface area contributed by atoms with E-state index >= 15 is 0 Å². The number of halogens is 2. The van der Waals surface area contributed by atoms with Crippen molar-refractivity contribution in [2.24, 2.45) is 0 Å². The second-order valence-corrected chi connectivity index (χ2v) is 6.13. The Morgan fingerprint density at radius 3 is 2.56 bits per heavy atom. The Balaban J connectivity index is 1.78. The number of aromatic nitrogens is 2. The normalized spacial score (nSPS) is 17.4. The second kappa shape index (κ2) is 7.45. The van der Waals surface area contributed by atoms with Crippen LogP contribution in [0.3, 0.4) is 0 Å². The van der Waals surface area contributed by atoms with Crippen LogP contribution in [0.4, 0.5) is 8.78 Å². The molecule has 1 amide bonds. The van der Waals surface area contributed by atoms with E-state index in [4.69, 9.17) is 4.74 Å². The summed E-state index contributed by atoms with van der Waals surface area (Å²) in [7, 11) is 1.49. The molecule has 0 aliphatic carbocycles. The van der Waals surface area contributed by atoms with Crippen molar-refractivity contribution in [3.63, 3.8) is 0 Å². The van der Waals surface area contributed by atoms with Crippen LogP contribution in [0.25, 0.3) is 11.0 Å². The zero-order valence-corrected chi connectivity index (χ0v) is 14.4. The Bertz CT molecular complexity index is 741. The lowest BCUT2D eigenvalue weighted by molar-refractivity contribution is -0.137. The smallest absolute Gasteiger partial charge is 0.320 e. The summed E-state index contributed by atoms with van der Waals surface area (Å²) < 4.78 is 33.1. The van der Waals surface area contributed by atoms with E-state index in [-0.39, 0.29) is 18.6 Å². The number of nitrogens with zero attached hydrogens (tertiary/aromatic N) is 4. The molecule has 136 valence electrons. The quantitative estimate of drug-likeness (QED) is 0.828. The van der Waals surface area contributed by atoms with Crippen LogP contribution in [-0.4, -0.2) is 65.2 Å². The van der Waals surface area contributed by atoms with Gasteiger partial charge in [0.15, 0.2) is 0 Å². The van der Waals surface area contributed by atoms with Crippen molar-refractivity contribution < 1.29 is 18.3 Å². The maximum atomic E-state index is 13.6. The highest BCUT2D eigenvalue weighted by Gasteiger charge is 2.29. The second-order valence-electron chi connectivity index (χ2n) is 6.13. The fourth-order valence-corrected chi connectivity index (χ4v) is 3.30. The predicted molar refractivity (Wildman–Crippen MR) is 89.4 cm³/mol. The first kappa shape index (κ1) is 17.8. The molecular formula is C17H22F2N4O2. The van der Waals surface area contributed by atoms with E-state index in [9.17, 15) is 13.6 Å². The average Bonchev–Trinajstić information content (AvgIpc) is 3.01. The molecule has 1 fully saturated rings. The Kier molecular flexibility index (Phi) is 5.29. The van der Waals surface area contributed by atoms with Gasteiger partial charge in [0.05, 0.1) is 17.1 Å². The molecule has 1 saturated heterocycles. The van der Waals surface area contributed by atoms with Gasteiger partial charge in [0.25, 0.3) is 0 Å². The summed E-state index contributed by atoms with van der Waals surface area (Å²) in [5.74, 6) is 0.308. The first-order chi connectivity index (χ1) is 12.0. The van der Waals surface area contributed by atoms with Crippen LogP contribution < -0.4 is 0 Å². The molecule has 8 heteroatoms. The van der Waals surface area contributed by atoms with Gasteiger partial charge in [-0.25, -0.2) is 4.98 Å². The van der Waals surface area contributed by atoms with E-state index in [1.54, 1.807) is 29.2 Å². The van der Waals surface area contributed by atoms with Crippen LogP contribution in [0, 0.1) is 0 Å². The van der Waals surface area contributed by atoms with Crippen LogP contribution in [0.15, 0.2) is 24.3 Å². The van der Waals surface area contributed by atoms with E-state index in [1.165, 1.54) is 7.11 Å². The van der Waals surface area contributed by atoms with Crippen LogP contribution >= 0.6 is 0 Å². The number of para-hydroxylation sites is 2. The molecular weight excluding hydrogens is 330 g/mol. The van der Waals surface area contributed by atoms with Crippen LogP contribution in [-0.2, 0) is 9.53 Å². The Morgan fingerprint density at radius 2 is 1.92 bits per heavy atom. The van der Waals surface area contributed by atoms with Gasteiger partial charge in [-0.05, 0) is 19.1 Å². The van der Waals surface area contributed by atoms with Gasteiger partial charge in [-0.3, -0.25) is 14.3 Å². The summed E-state index contributed by atoms with van der Waals surface area (Å²) >= 11 is 0. The topological polar surface area (TPSA) is 50.6 Å². The van der Waals surface area contributed by atoms with Gasteiger partial charge >= 0.3 is 6.55 Å².